The largest absolute Gasteiger partial charge is 0.433 e. The van der Waals surface area contributed by atoms with Crippen molar-refractivity contribution in [3.05, 3.63) is 24.0 Å². The van der Waals surface area contributed by atoms with Crippen LogP contribution >= 0.6 is 0 Å². The molecule has 0 radical (unpaired) electrons. The van der Waals surface area contributed by atoms with E-state index in [9.17, 15) is 13.2 Å². The average Bonchev–Trinajstić information content (AvgIpc) is 2.47. The number of hydrogen-bond donors (Lipinski definition) is 1. The normalized spacial score (nSPS) is 22.0. The number of nitrogens with zero attached hydrogens (tertiary/aromatic N) is 2. The summed E-state index contributed by atoms with van der Waals surface area (Å²) in [6.45, 7) is 7.47. The molecule has 1 aliphatic rings. The van der Waals surface area contributed by atoms with Crippen LogP contribution in [-0.4, -0.2) is 35.6 Å². The highest BCUT2D eigenvalue weighted by Crippen LogP contribution is 2.28. The van der Waals surface area contributed by atoms with Crippen LogP contribution in [0.1, 0.15) is 32.4 Å². The molecule has 0 bridgehead atoms. The van der Waals surface area contributed by atoms with Crippen LogP contribution in [0.15, 0.2) is 18.3 Å². The van der Waals surface area contributed by atoms with E-state index in [2.05, 4.69) is 29.0 Å². The Kier molecular flexibility index (Phi) is 5.08. The van der Waals surface area contributed by atoms with Crippen LogP contribution in [0.2, 0.25) is 0 Å². The topological polar surface area (TPSA) is 28.2 Å². The number of halogens is 3. The highest BCUT2D eigenvalue weighted by atomic mass is 19.4. The van der Waals surface area contributed by atoms with Crippen LogP contribution in [0.5, 0.6) is 0 Å². The lowest BCUT2D eigenvalue weighted by Gasteiger charge is -2.35. The lowest BCUT2D eigenvalue weighted by Crippen LogP contribution is -2.41. The Hall–Kier alpha value is -1.30. The summed E-state index contributed by atoms with van der Waals surface area (Å²) in [7, 11) is 0. The Bertz CT molecular complexity index is 444. The predicted octanol–water partition coefficient (Wildman–Crippen LogP) is 3.63. The Morgan fingerprint density at radius 1 is 1.43 bits per heavy atom. The van der Waals surface area contributed by atoms with E-state index in [0.29, 0.717) is 11.6 Å². The van der Waals surface area contributed by atoms with Gasteiger partial charge in [0.2, 0.25) is 0 Å². The number of alkyl halides is 3. The number of piperidine rings is 1. The standard InChI is InChI=1S/C15H22F3N3/c1-3-21-8-4-5-12(10-21)11(2)20-13-6-7-14(19-9-13)15(16,17)18/h6-7,9,11-12,20H,3-5,8,10H2,1-2H3. The molecule has 2 rings (SSSR count). The monoisotopic (exact) mass is 301 g/mol. The molecule has 2 unspecified atom stereocenters. The molecule has 0 spiro atoms. The molecule has 1 aromatic heterocycles. The van der Waals surface area contributed by atoms with Gasteiger partial charge in [-0.25, -0.2) is 4.98 Å². The second kappa shape index (κ2) is 6.64. The highest BCUT2D eigenvalue weighted by molar-refractivity contribution is 5.42. The van der Waals surface area contributed by atoms with Crippen molar-refractivity contribution in [3.8, 4) is 0 Å². The molecule has 1 aliphatic heterocycles. The average molecular weight is 301 g/mol. The molecule has 2 heterocycles. The molecule has 6 heteroatoms. The lowest BCUT2D eigenvalue weighted by molar-refractivity contribution is -0.141. The summed E-state index contributed by atoms with van der Waals surface area (Å²) < 4.78 is 37.4. The molecule has 3 nitrogen and oxygen atoms in total. The fraction of sp³-hybridized carbons (Fsp3) is 0.667. The van der Waals surface area contributed by atoms with E-state index in [1.165, 1.54) is 18.7 Å². The third kappa shape index (κ3) is 4.33. The first-order valence-corrected chi connectivity index (χ1v) is 7.42. The van der Waals surface area contributed by atoms with E-state index in [1.807, 2.05) is 0 Å². The smallest absolute Gasteiger partial charge is 0.381 e. The number of nitrogens with one attached hydrogen (secondary N) is 1. The van der Waals surface area contributed by atoms with Gasteiger partial charge >= 0.3 is 6.18 Å². The van der Waals surface area contributed by atoms with E-state index in [4.69, 9.17) is 0 Å². The molecule has 0 amide bonds. The molecule has 118 valence electrons. The zero-order valence-electron chi connectivity index (χ0n) is 12.5. The maximum absolute atomic E-state index is 12.5. The first kappa shape index (κ1) is 16.1. The van der Waals surface area contributed by atoms with Gasteiger partial charge in [-0.15, -0.1) is 0 Å². The van der Waals surface area contributed by atoms with Crippen molar-refractivity contribution in [3.63, 3.8) is 0 Å². The number of likely N-dealkylation sites (tertiary alicyclic amines) is 1. The summed E-state index contributed by atoms with van der Waals surface area (Å²) in [5.41, 5.74) is -0.209. The molecule has 0 saturated carbocycles. The molecule has 1 saturated heterocycles. The first-order valence-electron chi connectivity index (χ1n) is 7.42. The van der Waals surface area contributed by atoms with E-state index in [-0.39, 0.29) is 6.04 Å². The van der Waals surface area contributed by atoms with E-state index in [1.54, 1.807) is 0 Å². The maximum atomic E-state index is 12.5. The highest BCUT2D eigenvalue weighted by Gasteiger charge is 2.32. The summed E-state index contributed by atoms with van der Waals surface area (Å²) in [5.74, 6) is 0.515. The van der Waals surface area contributed by atoms with Crippen LogP contribution in [0.4, 0.5) is 18.9 Å². The minimum absolute atomic E-state index is 0.220. The Morgan fingerprint density at radius 3 is 2.76 bits per heavy atom. The van der Waals surface area contributed by atoms with Crippen molar-refractivity contribution in [2.45, 2.75) is 38.9 Å². The number of hydrogen-bond acceptors (Lipinski definition) is 3. The van der Waals surface area contributed by atoms with E-state index >= 15 is 0 Å². The van der Waals surface area contributed by atoms with Crippen LogP contribution in [-0.2, 0) is 6.18 Å². The zero-order chi connectivity index (χ0) is 15.5. The predicted molar refractivity (Wildman–Crippen MR) is 77.2 cm³/mol. The summed E-state index contributed by atoms with van der Waals surface area (Å²) >= 11 is 0. The third-order valence-electron chi connectivity index (χ3n) is 4.14. The van der Waals surface area contributed by atoms with Crippen LogP contribution < -0.4 is 5.32 Å². The van der Waals surface area contributed by atoms with Gasteiger partial charge in [0.15, 0.2) is 0 Å². The van der Waals surface area contributed by atoms with E-state index in [0.717, 1.165) is 32.1 Å². The fourth-order valence-corrected chi connectivity index (χ4v) is 2.81. The Balaban J connectivity index is 1.94. The second-order valence-corrected chi connectivity index (χ2v) is 5.66. The summed E-state index contributed by atoms with van der Waals surface area (Å²) in [6.07, 6.45) is -0.788. The van der Waals surface area contributed by atoms with Crippen molar-refractivity contribution < 1.29 is 13.2 Å². The molecule has 2 atom stereocenters. The fourth-order valence-electron chi connectivity index (χ4n) is 2.81. The van der Waals surface area contributed by atoms with E-state index < -0.39 is 11.9 Å². The molecular formula is C15H22F3N3. The van der Waals surface area contributed by atoms with Crippen molar-refractivity contribution in [1.82, 2.24) is 9.88 Å². The minimum atomic E-state index is -4.38. The molecular weight excluding hydrogens is 279 g/mol. The van der Waals surface area contributed by atoms with Gasteiger partial charge in [-0.3, -0.25) is 0 Å². The van der Waals surface area contributed by atoms with Gasteiger partial charge in [0.05, 0.1) is 11.9 Å². The molecule has 1 fully saturated rings. The van der Waals surface area contributed by atoms with Crippen molar-refractivity contribution in [2.75, 3.05) is 25.0 Å². The van der Waals surface area contributed by atoms with Gasteiger partial charge in [0.25, 0.3) is 0 Å². The van der Waals surface area contributed by atoms with Gasteiger partial charge < -0.3 is 10.2 Å². The van der Waals surface area contributed by atoms with Crippen molar-refractivity contribution in [1.29, 1.82) is 0 Å². The maximum Gasteiger partial charge on any atom is 0.433 e. The quantitative estimate of drug-likeness (QED) is 0.920. The molecule has 0 aliphatic carbocycles. The van der Waals surface area contributed by atoms with Gasteiger partial charge in [-0.2, -0.15) is 13.2 Å². The molecule has 0 aromatic carbocycles. The van der Waals surface area contributed by atoms with Crippen LogP contribution in [0, 0.1) is 5.92 Å². The summed E-state index contributed by atoms with van der Waals surface area (Å²) in [6, 6.07) is 2.69. The molecule has 21 heavy (non-hydrogen) atoms. The number of aromatic nitrogens is 1. The zero-order valence-corrected chi connectivity index (χ0v) is 12.5. The number of anilines is 1. The lowest BCUT2D eigenvalue weighted by atomic mass is 9.91. The van der Waals surface area contributed by atoms with Crippen LogP contribution in [0.25, 0.3) is 0 Å². The minimum Gasteiger partial charge on any atom is -0.381 e. The molecule has 1 N–H and O–H groups in total. The number of pyridine rings is 1. The number of rotatable bonds is 4. The third-order valence-corrected chi connectivity index (χ3v) is 4.14. The first-order chi connectivity index (χ1) is 9.90. The van der Waals surface area contributed by atoms with Gasteiger partial charge in [-0.05, 0) is 50.9 Å². The SMILES string of the molecule is CCN1CCCC(C(C)Nc2ccc(C(F)(F)F)nc2)C1. The van der Waals surface area contributed by atoms with Crippen molar-refractivity contribution in [2.24, 2.45) is 5.92 Å². The Labute approximate surface area is 123 Å². The Morgan fingerprint density at radius 2 is 2.19 bits per heavy atom. The second-order valence-electron chi connectivity index (χ2n) is 5.66. The van der Waals surface area contributed by atoms with Gasteiger partial charge in [0.1, 0.15) is 5.69 Å². The van der Waals surface area contributed by atoms with Gasteiger partial charge in [0, 0.05) is 12.6 Å². The molecule has 1 aromatic rings. The van der Waals surface area contributed by atoms with Crippen molar-refractivity contribution >= 4 is 5.69 Å². The van der Waals surface area contributed by atoms with Crippen LogP contribution in [0.3, 0.4) is 0 Å². The summed E-state index contributed by atoms with van der Waals surface area (Å²) in [4.78, 5) is 5.90. The summed E-state index contributed by atoms with van der Waals surface area (Å²) in [5, 5.41) is 3.28. The van der Waals surface area contributed by atoms with Gasteiger partial charge in [-0.1, -0.05) is 6.92 Å².